The van der Waals surface area contributed by atoms with E-state index in [0.29, 0.717) is 23.2 Å². The Labute approximate surface area is 272 Å². The molecule has 2 aliphatic heterocycles. The third-order valence-corrected chi connectivity index (χ3v) is 14.8. The van der Waals surface area contributed by atoms with Crippen LogP contribution in [0.25, 0.3) is 0 Å². The Bertz CT molecular complexity index is 1110. The molecule has 3 unspecified atom stereocenters. The van der Waals surface area contributed by atoms with Crippen LogP contribution in [0.3, 0.4) is 0 Å². The van der Waals surface area contributed by atoms with Crippen LogP contribution in [0.1, 0.15) is 120 Å². The van der Waals surface area contributed by atoms with E-state index in [0.717, 1.165) is 32.5 Å². The maximum Gasteiger partial charge on any atom is 0.303 e. The van der Waals surface area contributed by atoms with Gasteiger partial charge in [0.2, 0.25) is 0 Å². The summed E-state index contributed by atoms with van der Waals surface area (Å²) in [4.78, 5) is 12.0. The van der Waals surface area contributed by atoms with Crippen molar-refractivity contribution in [1.29, 1.82) is 0 Å². The molecule has 2 heterocycles. The molecule has 0 amide bonds. The van der Waals surface area contributed by atoms with Crippen LogP contribution >= 0.6 is 0 Å². The fourth-order valence-corrected chi connectivity index (χ4v) is 12.1. The third kappa shape index (κ3) is 5.35. The number of carbonyl (C=O) groups excluding carboxylic acids is 1. The Kier molecular flexibility index (Phi) is 8.64. The average molecular weight is 634 g/mol. The van der Waals surface area contributed by atoms with Crippen LogP contribution < -0.4 is 5.32 Å². The second kappa shape index (κ2) is 11.4. The summed E-state index contributed by atoms with van der Waals surface area (Å²) >= 11 is 0. The standard InChI is InChI=1S/C37H63NO7/c1-22-19-24(31(34(7,8)41)43-23(2)39)44-29-28(22)35(9,33(5,6)30(29)40)15-16-36-13-10-11-25-32(3,4)26(12-14-37(25,36)21-36)45-27-20-38-17-18-42-27/h22,24-31,38,40-41H,10-21H2,1-9H3/t22-,24?,25+,26+,27+,28+,29?,30+,31+,35-,36?,37-/m1/s1. The van der Waals surface area contributed by atoms with E-state index in [2.05, 4.69) is 46.9 Å². The van der Waals surface area contributed by atoms with Crippen molar-refractivity contribution in [2.45, 2.75) is 163 Å². The van der Waals surface area contributed by atoms with Crippen molar-refractivity contribution >= 4 is 5.97 Å². The van der Waals surface area contributed by atoms with Gasteiger partial charge >= 0.3 is 5.97 Å². The maximum absolute atomic E-state index is 12.0. The zero-order valence-corrected chi connectivity index (χ0v) is 29.6. The number of esters is 1. The quantitative estimate of drug-likeness (QED) is 0.296. The molecule has 12 atom stereocenters. The zero-order valence-electron chi connectivity index (χ0n) is 29.6. The van der Waals surface area contributed by atoms with Crippen LogP contribution in [-0.2, 0) is 23.7 Å². The van der Waals surface area contributed by atoms with Gasteiger partial charge in [-0.1, -0.05) is 48.0 Å². The summed E-state index contributed by atoms with van der Waals surface area (Å²) in [6.07, 6.45) is 8.40. The van der Waals surface area contributed by atoms with Gasteiger partial charge in [-0.25, -0.2) is 0 Å². The van der Waals surface area contributed by atoms with Gasteiger partial charge in [0.05, 0.1) is 36.6 Å². The number of rotatable bonds is 8. The van der Waals surface area contributed by atoms with Gasteiger partial charge in [0.25, 0.3) is 0 Å². The monoisotopic (exact) mass is 633 g/mol. The van der Waals surface area contributed by atoms with Gasteiger partial charge in [0, 0.05) is 20.0 Å². The molecule has 0 aromatic rings. The van der Waals surface area contributed by atoms with Crippen LogP contribution in [0.2, 0.25) is 0 Å². The lowest BCUT2D eigenvalue weighted by Gasteiger charge is -2.55. The van der Waals surface area contributed by atoms with Crippen LogP contribution in [-0.4, -0.2) is 78.3 Å². The third-order valence-electron chi connectivity index (χ3n) is 14.8. The summed E-state index contributed by atoms with van der Waals surface area (Å²) in [5.74, 6) is 0.677. The molecule has 1 spiro atoms. The van der Waals surface area contributed by atoms with Gasteiger partial charge in [-0.3, -0.25) is 4.79 Å². The number of carbonyl (C=O) groups is 1. The molecule has 2 saturated heterocycles. The van der Waals surface area contributed by atoms with Gasteiger partial charge in [-0.2, -0.15) is 0 Å². The highest BCUT2D eigenvalue weighted by Gasteiger charge is 2.75. The lowest BCUT2D eigenvalue weighted by atomic mass is 9.52. The van der Waals surface area contributed by atoms with E-state index in [9.17, 15) is 15.0 Å². The highest BCUT2D eigenvalue weighted by molar-refractivity contribution is 5.66. The number of ether oxygens (including phenoxy) is 4. The summed E-state index contributed by atoms with van der Waals surface area (Å²) in [7, 11) is 0. The van der Waals surface area contributed by atoms with E-state index >= 15 is 0 Å². The van der Waals surface area contributed by atoms with E-state index in [-0.39, 0.29) is 46.6 Å². The number of fused-ring (bicyclic) bond motifs is 1. The van der Waals surface area contributed by atoms with Crippen molar-refractivity contribution in [1.82, 2.24) is 5.32 Å². The van der Waals surface area contributed by atoms with E-state index in [4.69, 9.17) is 18.9 Å². The minimum absolute atomic E-state index is 0.110. The summed E-state index contributed by atoms with van der Waals surface area (Å²) in [6, 6.07) is 0. The van der Waals surface area contributed by atoms with E-state index in [1.807, 2.05) is 0 Å². The fourth-order valence-electron chi connectivity index (χ4n) is 12.1. The minimum atomic E-state index is -1.25. The topological polar surface area (TPSA) is 106 Å². The second-order valence-electron chi connectivity index (χ2n) is 18.2. The summed E-state index contributed by atoms with van der Waals surface area (Å²) in [6.45, 7) is 21.2. The number of aliphatic hydroxyl groups excluding tert-OH is 1. The predicted octanol–water partition coefficient (Wildman–Crippen LogP) is 5.61. The molecule has 45 heavy (non-hydrogen) atoms. The zero-order chi connectivity index (χ0) is 32.8. The molecule has 8 heteroatoms. The highest BCUT2D eigenvalue weighted by atomic mass is 16.7. The Morgan fingerprint density at radius 1 is 1.11 bits per heavy atom. The van der Waals surface area contributed by atoms with Gasteiger partial charge in [0.1, 0.15) is 0 Å². The summed E-state index contributed by atoms with van der Waals surface area (Å²) in [5.41, 5.74) is -0.811. The lowest BCUT2D eigenvalue weighted by Crippen LogP contribution is -2.55. The first-order valence-corrected chi connectivity index (χ1v) is 18.1. The molecule has 8 nitrogen and oxygen atoms in total. The molecular formula is C37H63NO7. The van der Waals surface area contributed by atoms with Crippen molar-refractivity contribution in [3.8, 4) is 0 Å². The molecule has 0 bridgehead atoms. The molecule has 3 N–H and O–H groups in total. The largest absolute Gasteiger partial charge is 0.457 e. The second-order valence-corrected chi connectivity index (χ2v) is 18.2. The molecule has 258 valence electrons. The molecule has 4 aliphatic carbocycles. The minimum Gasteiger partial charge on any atom is -0.457 e. The molecule has 6 fully saturated rings. The number of hydrogen-bond acceptors (Lipinski definition) is 8. The highest BCUT2D eigenvalue weighted by Crippen LogP contribution is 2.82. The first-order valence-electron chi connectivity index (χ1n) is 18.1. The van der Waals surface area contributed by atoms with Crippen molar-refractivity contribution in [3.63, 3.8) is 0 Å². The van der Waals surface area contributed by atoms with Crippen molar-refractivity contribution in [2.24, 2.45) is 44.8 Å². The molecule has 6 aliphatic rings. The van der Waals surface area contributed by atoms with Gasteiger partial charge < -0.3 is 34.5 Å². The number of nitrogens with one attached hydrogen (secondary N) is 1. The van der Waals surface area contributed by atoms with Crippen molar-refractivity contribution < 1.29 is 34.0 Å². The Balaban J connectivity index is 1.19. The maximum atomic E-state index is 12.0. The van der Waals surface area contributed by atoms with Crippen molar-refractivity contribution in [3.05, 3.63) is 0 Å². The molecule has 0 radical (unpaired) electrons. The van der Waals surface area contributed by atoms with Gasteiger partial charge in [-0.15, -0.1) is 0 Å². The summed E-state index contributed by atoms with van der Waals surface area (Å²) < 4.78 is 25.0. The molecule has 0 aromatic heterocycles. The Hall–Kier alpha value is -0.770. The Morgan fingerprint density at radius 2 is 1.84 bits per heavy atom. The van der Waals surface area contributed by atoms with Gasteiger partial charge in [0.15, 0.2) is 12.4 Å². The number of aliphatic hydroxyl groups is 2. The first kappa shape index (κ1) is 34.1. The SMILES string of the molecule is CC(=O)O[C@@H](C1C[C@@H](C)[C@H]2C(O1)[C@H](O)C(C)(C)[C@]2(C)CCC12CCC[C@H]3C(C)(C)[C@@H](O[C@H]4CNCCO4)CC[C@@]31C2)C(C)(C)O. The van der Waals surface area contributed by atoms with Crippen LogP contribution in [0.4, 0.5) is 0 Å². The fraction of sp³-hybridized carbons (Fsp3) is 0.973. The normalized spacial score (nSPS) is 47.6. The molecule has 6 rings (SSSR count). The predicted molar refractivity (Wildman–Crippen MR) is 172 cm³/mol. The average Bonchev–Trinajstić information content (AvgIpc) is 3.60. The van der Waals surface area contributed by atoms with Crippen LogP contribution in [0, 0.1) is 44.8 Å². The van der Waals surface area contributed by atoms with E-state index in [1.54, 1.807) is 13.8 Å². The summed E-state index contributed by atoms with van der Waals surface area (Å²) in [5, 5.41) is 26.3. The van der Waals surface area contributed by atoms with E-state index < -0.39 is 29.9 Å². The number of hydrogen-bond donors (Lipinski definition) is 3. The molecule has 0 aromatic carbocycles. The number of morpholine rings is 1. The smallest absolute Gasteiger partial charge is 0.303 e. The molecular weight excluding hydrogens is 570 g/mol. The Morgan fingerprint density at radius 3 is 2.49 bits per heavy atom. The van der Waals surface area contributed by atoms with Gasteiger partial charge in [-0.05, 0) is 110 Å². The lowest BCUT2D eigenvalue weighted by molar-refractivity contribution is -0.228. The van der Waals surface area contributed by atoms with Crippen LogP contribution in [0.5, 0.6) is 0 Å². The van der Waals surface area contributed by atoms with E-state index in [1.165, 1.54) is 45.4 Å². The molecule has 4 saturated carbocycles. The van der Waals surface area contributed by atoms with Crippen molar-refractivity contribution in [2.75, 3.05) is 19.7 Å². The first-order chi connectivity index (χ1) is 20.9. The van der Waals surface area contributed by atoms with Crippen LogP contribution in [0.15, 0.2) is 0 Å².